The molecule has 4 saturated carbocycles. The topological polar surface area (TPSA) is 55.1 Å². The number of hydrogen-bond donors (Lipinski definition) is 1. The van der Waals surface area contributed by atoms with Gasteiger partial charge < -0.3 is 5.32 Å². The fourth-order valence-corrected chi connectivity index (χ4v) is 6.13. The molecule has 106 valence electrons. The lowest BCUT2D eigenvalue weighted by Crippen LogP contribution is -2.49. The SMILES string of the molecule is CNc1nn2c(C34CC5CC(CC(C5)C3)C4)nnc2s1. The van der Waals surface area contributed by atoms with Crippen molar-refractivity contribution < 1.29 is 0 Å². The lowest BCUT2D eigenvalue weighted by molar-refractivity contribution is -0.0103. The molecule has 20 heavy (non-hydrogen) atoms. The second-order valence-corrected chi connectivity index (χ2v) is 8.03. The van der Waals surface area contributed by atoms with Crippen LogP contribution in [0, 0.1) is 17.8 Å². The third-order valence-electron chi connectivity index (χ3n) is 5.72. The summed E-state index contributed by atoms with van der Waals surface area (Å²) in [7, 11) is 1.91. The van der Waals surface area contributed by atoms with Crippen LogP contribution in [0.4, 0.5) is 5.13 Å². The van der Waals surface area contributed by atoms with E-state index in [2.05, 4.69) is 20.6 Å². The van der Waals surface area contributed by atoms with E-state index >= 15 is 0 Å². The van der Waals surface area contributed by atoms with Gasteiger partial charge in [-0.1, -0.05) is 11.3 Å². The molecular weight excluding hydrogens is 270 g/mol. The highest BCUT2D eigenvalue weighted by Crippen LogP contribution is 2.60. The summed E-state index contributed by atoms with van der Waals surface area (Å²) in [6.45, 7) is 0. The van der Waals surface area contributed by atoms with Crippen LogP contribution >= 0.6 is 11.3 Å². The summed E-state index contributed by atoms with van der Waals surface area (Å²) in [6.07, 6.45) is 8.31. The molecule has 0 spiro atoms. The van der Waals surface area contributed by atoms with Crippen molar-refractivity contribution in [3.63, 3.8) is 0 Å². The first-order valence-electron chi connectivity index (χ1n) is 7.66. The van der Waals surface area contributed by atoms with Gasteiger partial charge in [0, 0.05) is 12.5 Å². The van der Waals surface area contributed by atoms with Crippen LogP contribution in [-0.2, 0) is 5.41 Å². The van der Waals surface area contributed by atoms with Crippen molar-refractivity contribution in [3.8, 4) is 0 Å². The summed E-state index contributed by atoms with van der Waals surface area (Å²) in [5, 5.41) is 17.6. The molecule has 0 aliphatic heterocycles. The predicted molar refractivity (Wildman–Crippen MR) is 78.1 cm³/mol. The first-order chi connectivity index (χ1) is 9.76. The number of nitrogens with one attached hydrogen (secondary N) is 1. The highest BCUT2D eigenvalue weighted by molar-refractivity contribution is 7.20. The van der Waals surface area contributed by atoms with Crippen molar-refractivity contribution in [2.24, 2.45) is 17.8 Å². The van der Waals surface area contributed by atoms with Gasteiger partial charge in [0.25, 0.3) is 0 Å². The fraction of sp³-hybridized carbons (Fsp3) is 0.786. The Balaban J connectivity index is 1.65. The van der Waals surface area contributed by atoms with E-state index < -0.39 is 0 Å². The molecule has 2 heterocycles. The Morgan fingerprint density at radius 1 is 1.10 bits per heavy atom. The van der Waals surface area contributed by atoms with Crippen LogP contribution in [0.1, 0.15) is 44.3 Å². The second kappa shape index (κ2) is 3.72. The van der Waals surface area contributed by atoms with Crippen molar-refractivity contribution in [3.05, 3.63) is 5.82 Å². The van der Waals surface area contributed by atoms with E-state index in [4.69, 9.17) is 0 Å². The van der Waals surface area contributed by atoms with Gasteiger partial charge in [-0.05, 0) is 56.3 Å². The standard InChI is InChI=1S/C14H19N5S/c1-15-12-18-19-11(16-17-13(19)20-12)14-5-8-2-9(6-14)4-10(3-8)7-14/h8-10H,2-7H2,1H3,(H,15,18). The van der Waals surface area contributed by atoms with E-state index in [0.29, 0.717) is 0 Å². The molecule has 0 unspecified atom stereocenters. The number of nitrogens with zero attached hydrogens (tertiary/aromatic N) is 4. The van der Waals surface area contributed by atoms with E-state index in [1.54, 1.807) is 11.3 Å². The number of aromatic nitrogens is 4. The molecular formula is C14H19N5S. The molecule has 0 radical (unpaired) electrons. The molecule has 6 heteroatoms. The van der Waals surface area contributed by atoms with Crippen molar-refractivity contribution in [2.45, 2.75) is 43.9 Å². The molecule has 2 aromatic heterocycles. The highest BCUT2D eigenvalue weighted by Gasteiger charge is 2.54. The third-order valence-corrected chi connectivity index (χ3v) is 6.63. The van der Waals surface area contributed by atoms with Crippen LogP contribution in [0.5, 0.6) is 0 Å². The van der Waals surface area contributed by atoms with E-state index in [1.165, 1.54) is 38.5 Å². The molecule has 4 fully saturated rings. The third kappa shape index (κ3) is 1.40. The van der Waals surface area contributed by atoms with Gasteiger partial charge in [0.1, 0.15) is 0 Å². The Labute approximate surface area is 121 Å². The molecule has 0 amide bonds. The van der Waals surface area contributed by atoms with Crippen molar-refractivity contribution >= 4 is 21.4 Å². The maximum absolute atomic E-state index is 4.65. The van der Waals surface area contributed by atoms with Crippen molar-refractivity contribution in [1.29, 1.82) is 0 Å². The van der Waals surface area contributed by atoms with Gasteiger partial charge in [0.2, 0.25) is 10.1 Å². The maximum Gasteiger partial charge on any atom is 0.236 e. The zero-order chi connectivity index (χ0) is 13.3. The Kier molecular flexibility index (Phi) is 2.14. The minimum Gasteiger partial charge on any atom is -0.363 e. The molecule has 1 N–H and O–H groups in total. The van der Waals surface area contributed by atoms with Gasteiger partial charge in [0.15, 0.2) is 5.82 Å². The Bertz CT molecular complexity index is 637. The number of rotatable bonds is 2. The number of anilines is 1. The van der Waals surface area contributed by atoms with Gasteiger partial charge in [0.05, 0.1) is 0 Å². The van der Waals surface area contributed by atoms with Crippen LogP contribution in [-0.4, -0.2) is 26.9 Å². The Hall–Kier alpha value is -1.17. The van der Waals surface area contributed by atoms with Crippen LogP contribution in [0.3, 0.4) is 0 Å². The lowest BCUT2D eigenvalue weighted by atomic mass is 9.49. The first-order valence-corrected chi connectivity index (χ1v) is 8.48. The van der Waals surface area contributed by atoms with E-state index in [9.17, 15) is 0 Å². The molecule has 4 aliphatic carbocycles. The van der Waals surface area contributed by atoms with E-state index in [-0.39, 0.29) is 5.41 Å². The summed E-state index contributed by atoms with van der Waals surface area (Å²) >= 11 is 1.59. The molecule has 2 aromatic rings. The minimum atomic E-state index is 0.271. The normalized spacial score (nSPS) is 38.8. The molecule has 0 aromatic carbocycles. The quantitative estimate of drug-likeness (QED) is 0.923. The Morgan fingerprint density at radius 2 is 1.75 bits per heavy atom. The fourth-order valence-electron chi connectivity index (χ4n) is 5.43. The summed E-state index contributed by atoms with van der Waals surface area (Å²) in [5.74, 6) is 3.92. The van der Waals surface area contributed by atoms with Crippen LogP contribution in [0.2, 0.25) is 0 Å². The zero-order valence-electron chi connectivity index (χ0n) is 11.7. The molecule has 0 saturated heterocycles. The summed E-state index contributed by atoms with van der Waals surface area (Å²) in [6, 6.07) is 0. The second-order valence-electron chi connectivity index (χ2n) is 7.07. The van der Waals surface area contributed by atoms with Crippen molar-refractivity contribution in [2.75, 3.05) is 12.4 Å². The average Bonchev–Trinajstić information content (AvgIpc) is 2.95. The monoisotopic (exact) mass is 289 g/mol. The average molecular weight is 289 g/mol. The van der Waals surface area contributed by atoms with Gasteiger partial charge in [-0.3, -0.25) is 0 Å². The summed E-state index contributed by atoms with van der Waals surface area (Å²) in [4.78, 5) is 0.931. The van der Waals surface area contributed by atoms with Gasteiger partial charge >= 0.3 is 0 Å². The first kappa shape index (κ1) is 11.5. The number of fused-ring (bicyclic) bond motifs is 1. The van der Waals surface area contributed by atoms with Crippen LogP contribution in [0.15, 0.2) is 0 Å². The minimum absolute atomic E-state index is 0.271. The van der Waals surface area contributed by atoms with Crippen molar-refractivity contribution in [1.82, 2.24) is 19.8 Å². The molecule has 4 aliphatic rings. The smallest absolute Gasteiger partial charge is 0.236 e. The van der Waals surface area contributed by atoms with Gasteiger partial charge in [-0.25, -0.2) is 0 Å². The molecule has 5 nitrogen and oxygen atoms in total. The van der Waals surface area contributed by atoms with E-state index in [1.807, 2.05) is 11.6 Å². The molecule has 4 bridgehead atoms. The predicted octanol–water partition coefficient (Wildman–Crippen LogP) is 2.70. The van der Waals surface area contributed by atoms with E-state index in [0.717, 1.165) is 33.7 Å². The summed E-state index contributed by atoms with van der Waals surface area (Å²) < 4.78 is 2.02. The van der Waals surface area contributed by atoms with Crippen LogP contribution in [0.25, 0.3) is 4.96 Å². The molecule has 6 rings (SSSR count). The summed E-state index contributed by atoms with van der Waals surface area (Å²) in [5.41, 5.74) is 0.271. The largest absolute Gasteiger partial charge is 0.363 e. The Morgan fingerprint density at radius 3 is 2.35 bits per heavy atom. The number of hydrogen-bond acceptors (Lipinski definition) is 5. The van der Waals surface area contributed by atoms with Gasteiger partial charge in [-0.2, -0.15) is 4.52 Å². The molecule has 0 atom stereocenters. The maximum atomic E-state index is 4.65. The lowest BCUT2D eigenvalue weighted by Gasteiger charge is -2.55. The zero-order valence-corrected chi connectivity index (χ0v) is 12.5. The van der Waals surface area contributed by atoms with Gasteiger partial charge in [-0.15, -0.1) is 15.3 Å². The highest BCUT2D eigenvalue weighted by atomic mass is 32.1. The van der Waals surface area contributed by atoms with Crippen LogP contribution < -0.4 is 5.32 Å².